The molecule has 12 rings (SSSR count). The van der Waals surface area contributed by atoms with Crippen LogP contribution in [0, 0.1) is 0 Å². The molecule has 2 nitrogen and oxygen atoms in total. The fraction of sp³-hybridized carbons (Fsp3) is 0.0345. The molecule has 0 amide bonds. The molecular weight excluding hydrogens is 725 g/mol. The van der Waals surface area contributed by atoms with E-state index in [1.54, 1.807) is 0 Å². The molecule has 1 heterocycles. The molecule has 0 saturated heterocycles. The fourth-order valence-corrected chi connectivity index (χ4v) is 9.86. The Morgan fingerprint density at radius 2 is 1.07 bits per heavy atom. The molecule has 0 bridgehead atoms. The Morgan fingerprint density at radius 3 is 1.90 bits per heavy atom. The number of aromatic nitrogens is 1. The van der Waals surface area contributed by atoms with Crippen LogP contribution in [0.25, 0.3) is 87.3 Å². The van der Waals surface area contributed by atoms with Crippen molar-refractivity contribution in [3.05, 3.63) is 230 Å². The van der Waals surface area contributed by atoms with E-state index in [0.29, 0.717) is 0 Å². The summed E-state index contributed by atoms with van der Waals surface area (Å²) in [5.41, 5.74) is 12.3. The molecule has 2 heteroatoms. The van der Waals surface area contributed by atoms with Gasteiger partial charge in [-0.3, -0.25) is 0 Å². The Hall–Kier alpha value is -7.68. The predicted octanol–water partition coefficient (Wildman–Crippen LogP) is 16.0. The van der Waals surface area contributed by atoms with Gasteiger partial charge in [-0.2, -0.15) is 0 Å². The van der Waals surface area contributed by atoms with Crippen molar-refractivity contribution in [2.45, 2.75) is 12.8 Å². The number of fused-ring (bicyclic) bond motifs is 9. The number of benzene rings is 10. The van der Waals surface area contributed by atoms with Crippen LogP contribution in [-0.4, -0.2) is 4.57 Å². The van der Waals surface area contributed by atoms with Gasteiger partial charge in [0.2, 0.25) is 0 Å². The lowest BCUT2D eigenvalue weighted by Gasteiger charge is -2.32. The lowest BCUT2D eigenvalue weighted by atomic mass is 9.92. The predicted molar refractivity (Wildman–Crippen MR) is 257 cm³/mol. The summed E-state index contributed by atoms with van der Waals surface area (Å²) in [4.78, 5) is 2.54. The van der Waals surface area contributed by atoms with Crippen LogP contribution in [0.4, 0.5) is 11.4 Å². The average molecular weight is 765 g/mol. The number of hydrogen-bond donors (Lipinski definition) is 0. The highest BCUT2D eigenvalue weighted by Gasteiger charge is 2.23. The van der Waals surface area contributed by atoms with E-state index in [1.165, 1.54) is 98.5 Å². The summed E-state index contributed by atoms with van der Waals surface area (Å²) in [6.07, 6.45) is 6.59. The van der Waals surface area contributed by atoms with E-state index in [2.05, 4.69) is 228 Å². The standard InChI is InChI=1S/C58H40N2/c1-2-19-46(20-3-1)60-54-27-13-26-51(58(54)57-50-23-9-6-15-41(50)32-35-55(57)60)44-18-12-21-48(37-44)59(56-38-45-17-7-8-22-49(45)52-24-10-11-25-53(52)56)47-33-30-40(31-34-47)43-29-28-39-14-4-5-16-42(39)36-43/h1-30,32-33,35-38H,31,34H2. The SMILES string of the molecule is C1=C(c2ccc3ccccc3c2)CCC(N(c2cccc(-c3cccc4c3c3c5ccccc5ccc3n4-c3ccccc3)c2)c2cc3ccccc3c3ccccc23)=C1. The molecule has 1 aliphatic carbocycles. The highest BCUT2D eigenvalue weighted by molar-refractivity contribution is 6.25. The molecule has 0 unspecified atom stereocenters. The third-order valence-corrected chi connectivity index (χ3v) is 12.6. The minimum atomic E-state index is 0.913. The van der Waals surface area contributed by atoms with Gasteiger partial charge < -0.3 is 9.47 Å². The third kappa shape index (κ3) is 5.56. The Bertz CT molecular complexity index is 3550. The maximum Gasteiger partial charge on any atom is 0.0547 e. The molecule has 1 aromatic heterocycles. The summed E-state index contributed by atoms with van der Waals surface area (Å²) < 4.78 is 2.43. The molecule has 0 saturated carbocycles. The summed E-state index contributed by atoms with van der Waals surface area (Å²) >= 11 is 0. The maximum atomic E-state index is 2.54. The van der Waals surface area contributed by atoms with Gasteiger partial charge in [0.05, 0.1) is 16.7 Å². The molecule has 60 heavy (non-hydrogen) atoms. The van der Waals surface area contributed by atoms with E-state index in [0.717, 1.165) is 24.2 Å². The van der Waals surface area contributed by atoms with E-state index in [9.17, 15) is 0 Å². The van der Waals surface area contributed by atoms with Gasteiger partial charge in [0.15, 0.2) is 0 Å². The molecule has 0 atom stereocenters. The zero-order chi connectivity index (χ0) is 39.6. The first-order valence-corrected chi connectivity index (χ1v) is 21.0. The second kappa shape index (κ2) is 14.0. The lowest BCUT2D eigenvalue weighted by Crippen LogP contribution is -2.18. The average Bonchev–Trinajstić information content (AvgIpc) is 3.67. The van der Waals surface area contributed by atoms with Crippen LogP contribution in [0.2, 0.25) is 0 Å². The van der Waals surface area contributed by atoms with Crippen LogP contribution in [0.3, 0.4) is 0 Å². The molecular formula is C58H40N2. The van der Waals surface area contributed by atoms with E-state index >= 15 is 0 Å². The van der Waals surface area contributed by atoms with E-state index < -0.39 is 0 Å². The highest BCUT2D eigenvalue weighted by atomic mass is 15.2. The minimum Gasteiger partial charge on any atom is -0.314 e. The third-order valence-electron chi connectivity index (χ3n) is 12.6. The second-order valence-corrected chi connectivity index (χ2v) is 16.0. The molecule has 0 N–H and O–H groups in total. The van der Waals surface area contributed by atoms with Crippen molar-refractivity contribution in [3.8, 4) is 16.8 Å². The zero-order valence-electron chi connectivity index (χ0n) is 33.1. The van der Waals surface area contributed by atoms with Crippen molar-refractivity contribution < 1.29 is 0 Å². The number of allylic oxidation sites excluding steroid dienone is 4. The molecule has 1 aliphatic rings. The monoisotopic (exact) mass is 764 g/mol. The smallest absolute Gasteiger partial charge is 0.0547 e. The molecule has 0 fully saturated rings. The Morgan fingerprint density at radius 1 is 0.383 bits per heavy atom. The van der Waals surface area contributed by atoms with Crippen molar-refractivity contribution in [2.75, 3.05) is 4.90 Å². The molecule has 282 valence electrons. The summed E-state index contributed by atoms with van der Waals surface area (Å²) in [5.74, 6) is 0. The van der Waals surface area contributed by atoms with E-state index in [1.807, 2.05) is 0 Å². The van der Waals surface area contributed by atoms with Gasteiger partial charge >= 0.3 is 0 Å². The van der Waals surface area contributed by atoms with Crippen molar-refractivity contribution in [3.63, 3.8) is 0 Å². The Labute approximate surface area is 349 Å². The van der Waals surface area contributed by atoms with Gasteiger partial charge in [-0.25, -0.2) is 0 Å². The number of para-hydroxylation sites is 1. The second-order valence-electron chi connectivity index (χ2n) is 16.0. The first-order valence-electron chi connectivity index (χ1n) is 21.0. The molecule has 10 aromatic carbocycles. The summed E-state index contributed by atoms with van der Waals surface area (Å²) in [6, 6.07) is 75.9. The molecule has 0 aliphatic heterocycles. The van der Waals surface area contributed by atoms with Crippen LogP contribution in [0.1, 0.15) is 18.4 Å². The molecule has 0 radical (unpaired) electrons. The van der Waals surface area contributed by atoms with Crippen LogP contribution >= 0.6 is 0 Å². The first kappa shape index (κ1) is 34.4. The largest absolute Gasteiger partial charge is 0.314 e. The Kier molecular flexibility index (Phi) is 8.02. The van der Waals surface area contributed by atoms with Crippen molar-refractivity contribution in [1.82, 2.24) is 4.57 Å². The van der Waals surface area contributed by atoms with Crippen LogP contribution in [-0.2, 0) is 0 Å². The summed E-state index contributed by atoms with van der Waals surface area (Å²) in [6.45, 7) is 0. The maximum absolute atomic E-state index is 2.54. The number of anilines is 2. The van der Waals surface area contributed by atoms with Crippen molar-refractivity contribution >= 4 is 81.8 Å². The summed E-state index contributed by atoms with van der Waals surface area (Å²) in [5, 5.41) is 12.6. The van der Waals surface area contributed by atoms with Crippen LogP contribution < -0.4 is 4.90 Å². The van der Waals surface area contributed by atoms with Gasteiger partial charge in [0.25, 0.3) is 0 Å². The van der Waals surface area contributed by atoms with Gasteiger partial charge in [-0.15, -0.1) is 0 Å². The van der Waals surface area contributed by atoms with Crippen LogP contribution in [0.15, 0.2) is 224 Å². The van der Waals surface area contributed by atoms with Crippen LogP contribution in [0.5, 0.6) is 0 Å². The minimum absolute atomic E-state index is 0.913. The van der Waals surface area contributed by atoms with Crippen molar-refractivity contribution in [1.29, 1.82) is 0 Å². The lowest BCUT2D eigenvalue weighted by molar-refractivity contribution is 0.932. The van der Waals surface area contributed by atoms with Gasteiger partial charge in [-0.1, -0.05) is 164 Å². The topological polar surface area (TPSA) is 8.17 Å². The van der Waals surface area contributed by atoms with Gasteiger partial charge in [0, 0.05) is 33.2 Å². The summed E-state index contributed by atoms with van der Waals surface area (Å²) in [7, 11) is 0. The first-order chi connectivity index (χ1) is 29.8. The fourth-order valence-electron chi connectivity index (χ4n) is 9.86. The molecule has 0 spiro atoms. The molecule has 11 aromatic rings. The zero-order valence-corrected chi connectivity index (χ0v) is 33.1. The van der Waals surface area contributed by atoms with Gasteiger partial charge in [-0.05, 0) is 127 Å². The quantitative estimate of drug-likeness (QED) is 0.153. The number of nitrogens with zero attached hydrogens (tertiary/aromatic N) is 2. The number of rotatable bonds is 6. The van der Waals surface area contributed by atoms with E-state index in [4.69, 9.17) is 0 Å². The van der Waals surface area contributed by atoms with E-state index in [-0.39, 0.29) is 0 Å². The number of hydrogen-bond acceptors (Lipinski definition) is 1. The van der Waals surface area contributed by atoms with Crippen molar-refractivity contribution in [2.24, 2.45) is 0 Å². The highest BCUT2D eigenvalue weighted by Crippen LogP contribution is 2.46. The van der Waals surface area contributed by atoms with Gasteiger partial charge in [0.1, 0.15) is 0 Å². The Balaban J connectivity index is 1.08. The normalized spacial score (nSPS) is 13.1.